The number of benzene rings is 1. The summed E-state index contributed by atoms with van der Waals surface area (Å²) in [6, 6.07) is 7.69. The van der Waals surface area contributed by atoms with Gasteiger partial charge in [0, 0.05) is 16.5 Å². The van der Waals surface area contributed by atoms with Crippen molar-refractivity contribution in [2.75, 3.05) is 13.1 Å². The molecule has 1 N–H and O–H groups in total. The number of carbonyl (C=O) groups excluding carboxylic acids is 1. The first-order chi connectivity index (χ1) is 8.77. The molecule has 1 fully saturated rings. The van der Waals surface area contributed by atoms with Crippen LogP contribution in [-0.2, 0) is 0 Å². The Kier molecular flexibility index (Phi) is 5.39. The number of rotatable bonds is 5. The van der Waals surface area contributed by atoms with Crippen molar-refractivity contribution in [3.8, 4) is 0 Å². The molecule has 98 valence electrons. The number of ketones is 1. The fourth-order valence-corrected chi connectivity index (χ4v) is 3.05. The fourth-order valence-electron chi connectivity index (χ4n) is 2.54. The second-order valence-electron chi connectivity index (χ2n) is 4.99. The van der Waals surface area contributed by atoms with Gasteiger partial charge in [-0.1, -0.05) is 34.1 Å². The summed E-state index contributed by atoms with van der Waals surface area (Å²) in [5.41, 5.74) is 0.822. The Hall–Kier alpha value is -0.670. The van der Waals surface area contributed by atoms with Gasteiger partial charge in [-0.15, -0.1) is 0 Å². The maximum Gasteiger partial charge on any atom is 0.164 e. The number of carbonyl (C=O) groups is 1. The number of nitrogens with one attached hydrogen (secondary N) is 1. The normalized spacial score (nSPS) is 16.7. The second-order valence-corrected chi connectivity index (χ2v) is 5.84. The molecule has 3 heteroatoms. The summed E-state index contributed by atoms with van der Waals surface area (Å²) >= 11 is 3.44. The van der Waals surface area contributed by atoms with E-state index < -0.39 is 0 Å². The summed E-state index contributed by atoms with van der Waals surface area (Å²) in [6.07, 6.45) is 5.42. The molecule has 0 amide bonds. The Balaban J connectivity index is 1.76. The van der Waals surface area contributed by atoms with Crippen LogP contribution in [0.4, 0.5) is 0 Å². The van der Waals surface area contributed by atoms with Crippen LogP contribution in [0.15, 0.2) is 28.7 Å². The van der Waals surface area contributed by atoms with E-state index in [9.17, 15) is 4.79 Å². The van der Waals surface area contributed by atoms with Gasteiger partial charge in [0.15, 0.2) is 5.78 Å². The predicted molar refractivity (Wildman–Crippen MR) is 77.9 cm³/mol. The van der Waals surface area contributed by atoms with E-state index in [1.54, 1.807) is 0 Å². The molecule has 2 nitrogen and oxygen atoms in total. The maximum atomic E-state index is 12.1. The Bertz CT molecular complexity index is 399. The van der Waals surface area contributed by atoms with E-state index in [1.165, 1.54) is 19.3 Å². The summed E-state index contributed by atoms with van der Waals surface area (Å²) in [4.78, 5) is 12.1. The molecule has 0 atom stereocenters. The van der Waals surface area contributed by atoms with Crippen molar-refractivity contribution in [2.45, 2.75) is 32.1 Å². The summed E-state index contributed by atoms with van der Waals surface area (Å²) in [7, 11) is 0. The summed E-state index contributed by atoms with van der Waals surface area (Å²) in [6.45, 7) is 2.28. The summed E-state index contributed by atoms with van der Waals surface area (Å²) in [5.74, 6) is 1.08. The summed E-state index contributed by atoms with van der Waals surface area (Å²) < 4.78 is 0.914. The van der Waals surface area contributed by atoms with E-state index in [4.69, 9.17) is 0 Å². The molecule has 1 aromatic rings. The van der Waals surface area contributed by atoms with Gasteiger partial charge in [0.1, 0.15) is 0 Å². The molecule has 1 aromatic carbocycles. The minimum absolute atomic E-state index is 0.261. The van der Waals surface area contributed by atoms with Gasteiger partial charge in [0.2, 0.25) is 0 Å². The van der Waals surface area contributed by atoms with Crippen LogP contribution in [0.25, 0.3) is 0 Å². The van der Waals surface area contributed by atoms with Crippen LogP contribution in [0.2, 0.25) is 0 Å². The SMILES string of the molecule is O=C(CCCC1CCNCC1)c1ccccc1Br. The van der Waals surface area contributed by atoms with Crippen molar-refractivity contribution in [2.24, 2.45) is 5.92 Å². The van der Waals surface area contributed by atoms with Gasteiger partial charge in [-0.2, -0.15) is 0 Å². The highest BCUT2D eigenvalue weighted by Crippen LogP contribution is 2.22. The van der Waals surface area contributed by atoms with Gasteiger partial charge in [0.25, 0.3) is 0 Å². The van der Waals surface area contributed by atoms with Crippen molar-refractivity contribution in [3.63, 3.8) is 0 Å². The van der Waals surface area contributed by atoms with E-state index in [2.05, 4.69) is 21.2 Å². The van der Waals surface area contributed by atoms with Gasteiger partial charge in [0.05, 0.1) is 0 Å². The molecule has 0 unspecified atom stereocenters. The average Bonchev–Trinajstić information content (AvgIpc) is 2.40. The minimum atomic E-state index is 0.261. The van der Waals surface area contributed by atoms with Crippen LogP contribution in [-0.4, -0.2) is 18.9 Å². The van der Waals surface area contributed by atoms with Crippen LogP contribution in [0, 0.1) is 5.92 Å². The third-order valence-corrected chi connectivity index (χ3v) is 4.34. The van der Waals surface area contributed by atoms with Crippen molar-refractivity contribution >= 4 is 21.7 Å². The van der Waals surface area contributed by atoms with E-state index in [1.807, 2.05) is 24.3 Å². The van der Waals surface area contributed by atoms with Crippen molar-refractivity contribution < 1.29 is 4.79 Å². The number of hydrogen-bond donors (Lipinski definition) is 1. The molecule has 0 spiro atoms. The predicted octanol–water partition coefficient (Wildman–Crippen LogP) is 3.80. The number of piperidine rings is 1. The first-order valence-electron chi connectivity index (χ1n) is 6.76. The Morgan fingerprint density at radius 2 is 2.00 bits per heavy atom. The third kappa shape index (κ3) is 3.92. The molecule has 18 heavy (non-hydrogen) atoms. The lowest BCUT2D eigenvalue weighted by Crippen LogP contribution is -2.27. The zero-order chi connectivity index (χ0) is 12.8. The van der Waals surface area contributed by atoms with E-state index in [0.717, 1.165) is 35.5 Å². The van der Waals surface area contributed by atoms with E-state index >= 15 is 0 Å². The van der Waals surface area contributed by atoms with E-state index in [0.29, 0.717) is 6.42 Å². The zero-order valence-corrected chi connectivity index (χ0v) is 12.2. The molecule has 0 radical (unpaired) electrons. The van der Waals surface area contributed by atoms with Gasteiger partial charge >= 0.3 is 0 Å². The lowest BCUT2D eigenvalue weighted by molar-refractivity contribution is 0.0976. The fraction of sp³-hybridized carbons (Fsp3) is 0.533. The molecule has 0 bridgehead atoms. The molecular weight excluding hydrogens is 290 g/mol. The average molecular weight is 310 g/mol. The lowest BCUT2D eigenvalue weighted by atomic mass is 9.91. The highest BCUT2D eigenvalue weighted by atomic mass is 79.9. The second kappa shape index (κ2) is 7.05. The largest absolute Gasteiger partial charge is 0.317 e. The molecule has 1 heterocycles. The molecule has 1 aliphatic heterocycles. The maximum absolute atomic E-state index is 12.1. The van der Waals surface area contributed by atoms with Gasteiger partial charge in [-0.25, -0.2) is 0 Å². The lowest BCUT2D eigenvalue weighted by Gasteiger charge is -2.22. The zero-order valence-electron chi connectivity index (χ0n) is 10.6. The highest BCUT2D eigenvalue weighted by molar-refractivity contribution is 9.10. The summed E-state index contributed by atoms with van der Waals surface area (Å²) in [5, 5.41) is 3.37. The Morgan fingerprint density at radius 1 is 1.28 bits per heavy atom. The van der Waals surface area contributed by atoms with Gasteiger partial charge < -0.3 is 5.32 Å². The topological polar surface area (TPSA) is 29.1 Å². The van der Waals surface area contributed by atoms with Crippen LogP contribution in [0.5, 0.6) is 0 Å². The van der Waals surface area contributed by atoms with Gasteiger partial charge in [-0.05, 0) is 50.8 Å². The van der Waals surface area contributed by atoms with Crippen LogP contribution in [0.3, 0.4) is 0 Å². The number of halogens is 1. The van der Waals surface area contributed by atoms with Crippen LogP contribution in [0.1, 0.15) is 42.5 Å². The van der Waals surface area contributed by atoms with Gasteiger partial charge in [-0.3, -0.25) is 4.79 Å². The first kappa shape index (κ1) is 13.8. The van der Waals surface area contributed by atoms with Crippen LogP contribution >= 0.6 is 15.9 Å². The minimum Gasteiger partial charge on any atom is -0.317 e. The molecule has 1 aliphatic rings. The smallest absolute Gasteiger partial charge is 0.164 e. The standard InChI is InChI=1S/C15H20BrNO/c16-14-6-2-1-5-13(14)15(18)7-3-4-12-8-10-17-11-9-12/h1-2,5-6,12,17H,3-4,7-11H2. The van der Waals surface area contributed by atoms with Crippen molar-refractivity contribution in [3.05, 3.63) is 34.3 Å². The monoisotopic (exact) mass is 309 g/mol. The number of hydrogen-bond acceptors (Lipinski definition) is 2. The molecule has 0 aliphatic carbocycles. The molecule has 2 rings (SSSR count). The third-order valence-electron chi connectivity index (χ3n) is 3.65. The molecule has 1 saturated heterocycles. The highest BCUT2D eigenvalue weighted by Gasteiger charge is 2.14. The van der Waals surface area contributed by atoms with Crippen molar-refractivity contribution in [1.82, 2.24) is 5.32 Å². The number of Topliss-reactive ketones (excluding diaryl/α,β-unsaturated/α-hetero) is 1. The quantitative estimate of drug-likeness (QED) is 0.838. The van der Waals surface area contributed by atoms with Crippen LogP contribution < -0.4 is 5.32 Å². The molecular formula is C15H20BrNO. The Morgan fingerprint density at radius 3 is 2.72 bits per heavy atom. The molecule has 0 saturated carbocycles. The first-order valence-corrected chi connectivity index (χ1v) is 7.55. The molecule has 0 aromatic heterocycles. The van der Waals surface area contributed by atoms with E-state index in [-0.39, 0.29) is 5.78 Å². The Labute approximate surface area is 117 Å². The van der Waals surface area contributed by atoms with Crippen molar-refractivity contribution in [1.29, 1.82) is 0 Å².